The summed E-state index contributed by atoms with van der Waals surface area (Å²) in [5.41, 5.74) is 0.905. The van der Waals surface area contributed by atoms with Crippen LogP contribution in [-0.2, 0) is 11.2 Å². The van der Waals surface area contributed by atoms with Gasteiger partial charge in [-0.05, 0) is 24.1 Å². The standard InChI is InChI=1S/C15H21FN2O3/c1-20-14-12(15(19)21-2)9-11(10-13(14)16)3-6-18-7-4-17-5-8-18/h9-10,17H,3-8H2,1-2H3. The number of piperazine rings is 1. The average molecular weight is 296 g/mol. The molecule has 1 aliphatic heterocycles. The first-order chi connectivity index (χ1) is 10.2. The number of ether oxygens (including phenoxy) is 2. The summed E-state index contributed by atoms with van der Waals surface area (Å²) in [5.74, 6) is -1.18. The lowest BCUT2D eigenvalue weighted by molar-refractivity contribution is 0.0596. The summed E-state index contributed by atoms with van der Waals surface area (Å²) >= 11 is 0. The zero-order valence-corrected chi connectivity index (χ0v) is 12.4. The summed E-state index contributed by atoms with van der Waals surface area (Å²) in [6.45, 7) is 4.77. The second-order valence-electron chi connectivity index (χ2n) is 4.99. The Labute approximate surface area is 124 Å². The Hall–Kier alpha value is -1.66. The van der Waals surface area contributed by atoms with Crippen molar-refractivity contribution in [2.45, 2.75) is 6.42 Å². The van der Waals surface area contributed by atoms with Gasteiger partial charge in [0, 0.05) is 32.7 Å². The lowest BCUT2D eigenvalue weighted by Gasteiger charge is -2.27. The first kappa shape index (κ1) is 15.7. The van der Waals surface area contributed by atoms with Crippen LogP contribution in [0.5, 0.6) is 5.75 Å². The molecule has 21 heavy (non-hydrogen) atoms. The van der Waals surface area contributed by atoms with Crippen LogP contribution in [0.15, 0.2) is 12.1 Å². The van der Waals surface area contributed by atoms with E-state index < -0.39 is 11.8 Å². The van der Waals surface area contributed by atoms with Gasteiger partial charge < -0.3 is 19.7 Å². The van der Waals surface area contributed by atoms with Crippen molar-refractivity contribution in [2.75, 3.05) is 46.9 Å². The van der Waals surface area contributed by atoms with Gasteiger partial charge in [-0.25, -0.2) is 9.18 Å². The number of rotatable bonds is 5. The molecular formula is C15H21FN2O3. The Morgan fingerprint density at radius 3 is 2.67 bits per heavy atom. The molecule has 1 aromatic carbocycles. The first-order valence-corrected chi connectivity index (χ1v) is 7.03. The molecule has 1 heterocycles. The van der Waals surface area contributed by atoms with E-state index in [1.54, 1.807) is 6.07 Å². The molecular weight excluding hydrogens is 275 g/mol. The predicted molar refractivity (Wildman–Crippen MR) is 77.3 cm³/mol. The van der Waals surface area contributed by atoms with E-state index in [4.69, 9.17) is 4.74 Å². The van der Waals surface area contributed by atoms with Crippen molar-refractivity contribution in [3.63, 3.8) is 0 Å². The molecule has 5 nitrogen and oxygen atoms in total. The highest BCUT2D eigenvalue weighted by Crippen LogP contribution is 2.25. The monoisotopic (exact) mass is 296 g/mol. The maximum absolute atomic E-state index is 14.0. The van der Waals surface area contributed by atoms with Crippen LogP contribution in [0.4, 0.5) is 4.39 Å². The summed E-state index contributed by atoms with van der Waals surface area (Å²) in [5, 5.41) is 3.29. The minimum atomic E-state index is -0.588. The lowest BCUT2D eigenvalue weighted by atomic mass is 10.1. The molecule has 1 saturated heterocycles. The first-order valence-electron chi connectivity index (χ1n) is 7.03. The van der Waals surface area contributed by atoms with Crippen LogP contribution in [-0.4, -0.2) is 57.8 Å². The summed E-state index contributed by atoms with van der Waals surface area (Å²) in [6.07, 6.45) is 0.685. The minimum Gasteiger partial charge on any atom is -0.493 e. The fraction of sp³-hybridized carbons (Fsp3) is 0.533. The van der Waals surface area contributed by atoms with Crippen molar-refractivity contribution in [2.24, 2.45) is 0 Å². The van der Waals surface area contributed by atoms with Gasteiger partial charge in [-0.15, -0.1) is 0 Å². The molecule has 0 spiro atoms. The molecule has 0 saturated carbocycles. The van der Waals surface area contributed by atoms with Gasteiger partial charge in [0.1, 0.15) is 5.56 Å². The minimum absolute atomic E-state index is 0.0622. The predicted octanol–water partition coefficient (Wildman–Crippen LogP) is 1.07. The molecule has 1 aliphatic rings. The Morgan fingerprint density at radius 2 is 2.05 bits per heavy atom. The van der Waals surface area contributed by atoms with Crippen LogP contribution in [0.25, 0.3) is 0 Å². The molecule has 116 valence electrons. The molecule has 0 bridgehead atoms. The molecule has 1 aromatic rings. The number of carbonyl (C=O) groups excluding carboxylic acids is 1. The number of hydrogen-bond acceptors (Lipinski definition) is 5. The highest BCUT2D eigenvalue weighted by Gasteiger charge is 2.19. The maximum atomic E-state index is 14.0. The van der Waals surface area contributed by atoms with Crippen LogP contribution in [0.2, 0.25) is 0 Å². The van der Waals surface area contributed by atoms with Gasteiger partial charge in [-0.3, -0.25) is 0 Å². The largest absolute Gasteiger partial charge is 0.493 e. The van der Waals surface area contributed by atoms with Crippen LogP contribution < -0.4 is 10.1 Å². The van der Waals surface area contributed by atoms with E-state index in [2.05, 4.69) is 15.0 Å². The fourth-order valence-electron chi connectivity index (χ4n) is 2.48. The van der Waals surface area contributed by atoms with Gasteiger partial charge >= 0.3 is 5.97 Å². The number of esters is 1. The summed E-state index contributed by atoms with van der Waals surface area (Å²) in [4.78, 5) is 14.0. The van der Waals surface area contributed by atoms with E-state index in [9.17, 15) is 9.18 Å². The summed E-state index contributed by atoms with van der Waals surface area (Å²) in [7, 11) is 2.61. The number of carbonyl (C=O) groups is 1. The van der Waals surface area contributed by atoms with Crippen LogP contribution in [0.3, 0.4) is 0 Å². The number of benzene rings is 1. The van der Waals surface area contributed by atoms with Gasteiger partial charge in [-0.1, -0.05) is 0 Å². The molecule has 0 amide bonds. The van der Waals surface area contributed by atoms with E-state index >= 15 is 0 Å². The van der Waals surface area contributed by atoms with Crippen molar-refractivity contribution in [1.82, 2.24) is 10.2 Å². The zero-order valence-electron chi connectivity index (χ0n) is 12.4. The van der Waals surface area contributed by atoms with E-state index in [-0.39, 0.29) is 11.3 Å². The molecule has 1 N–H and O–H groups in total. The van der Waals surface area contributed by atoms with Crippen LogP contribution in [0, 0.1) is 5.82 Å². The SMILES string of the molecule is COC(=O)c1cc(CCN2CCNCC2)cc(F)c1OC. The fourth-order valence-corrected chi connectivity index (χ4v) is 2.48. The van der Waals surface area contributed by atoms with Crippen LogP contribution >= 0.6 is 0 Å². The smallest absolute Gasteiger partial charge is 0.341 e. The van der Waals surface area contributed by atoms with Gasteiger partial charge in [0.25, 0.3) is 0 Å². The van der Waals surface area contributed by atoms with Crippen molar-refractivity contribution in [3.05, 3.63) is 29.1 Å². The number of nitrogens with one attached hydrogen (secondary N) is 1. The maximum Gasteiger partial charge on any atom is 0.341 e. The Balaban J connectivity index is 2.12. The highest BCUT2D eigenvalue weighted by molar-refractivity contribution is 5.92. The normalized spacial score (nSPS) is 15.8. The summed E-state index contributed by atoms with van der Waals surface area (Å²) < 4.78 is 23.6. The molecule has 0 atom stereocenters. The Morgan fingerprint density at radius 1 is 1.33 bits per heavy atom. The number of halogens is 1. The lowest BCUT2D eigenvalue weighted by Crippen LogP contribution is -2.44. The topological polar surface area (TPSA) is 50.8 Å². The number of nitrogens with zero attached hydrogens (tertiary/aromatic N) is 1. The third kappa shape index (κ3) is 3.92. The average Bonchev–Trinajstić information content (AvgIpc) is 2.52. The van der Waals surface area contributed by atoms with E-state index in [1.807, 2.05) is 0 Å². The highest BCUT2D eigenvalue weighted by atomic mass is 19.1. The van der Waals surface area contributed by atoms with Gasteiger partial charge in [0.15, 0.2) is 11.6 Å². The summed E-state index contributed by atoms with van der Waals surface area (Å²) in [6, 6.07) is 3.07. The second kappa shape index (κ2) is 7.38. The van der Waals surface area contributed by atoms with Crippen molar-refractivity contribution in [3.8, 4) is 5.75 Å². The molecule has 0 aliphatic carbocycles. The van der Waals surface area contributed by atoms with E-state index in [0.29, 0.717) is 6.42 Å². The Kier molecular flexibility index (Phi) is 5.52. The van der Waals surface area contributed by atoms with Crippen molar-refractivity contribution >= 4 is 5.97 Å². The van der Waals surface area contributed by atoms with Crippen molar-refractivity contribution < 1.29 is 18.7 Å². The van der Waals surface area contributed by atoms with E-state index in [0.717, 1.165) is 38.3 Å². The van der Waals surface area contributed by atoms with Crippen LogP contribution in [0.1, 0.15) is 15.9 Å². The molecule has 2 rings (SSSR count). The van der Waals surface area contributed by atoms with Gasteiger partial charge in [0.2, 0.25) is 0 Å². The Bertz CT molecular complexity index is 502. The number of methoxy groups -OCH3 is 2. The zero-order chi connectivity index (χ0) is 15.2. The third-order valence-electron chi connectivity index (χ3n) is 3.64. The molecule has 6 heteroatoms. The molecule has 0 unspecified atom stereocenters. The molecule has 1 fully saturated rings. The molecule has 0 radical (unpaired) electrons. The van der Waals surface area contributed by atoms with Gasteiger partial charge in [0.05, 0.1) is 14.2 Å². The quantitative estimate of drug-likeness (QED) is 0.824. The number of hydrogen-bond donors (Lipinski definition) is 1. The van der Waals surface area contributed by atoms with Gasteiger partial charge in [-0.2, -0.15) is 0 Å². The second-order valence-corrected chi connectivity index (χ2v) is 4.99. The van der Waals surface area contributed by atoms with Crippen molar-refractivity contribution in [1.29, 1.82) is 0 Å². The van der Waals surface area contributed by atoms with E-state index in [1.165, 1.54) is 20.3 Å². The molecule has 0 aromatic heterocycles. The third-order valence-corrected chi connectivity index (χ3v) is 3.64.